The summed E-state index contributed by atoms with van der Waals surface area (Å²) in [6, 6.07) is 7.97. The van der Waals surface area contributed by atoms with E-state index < -0.39 is 24.1 Å². The van der Waals surface area contributed by atoms with Crippen molar-refractivity contribution in [2.45, 2.75) is 19.1 Å². The Morgan fingerprint density at radius 3 is 2.35 bits per heavy atom. The Bertz CT molecular complexity index is 392. The third-order valence-electron chi connectivity index (χ3n) is 2.03. The van der Waals surface area contributed by atoms with Crippen LogP contribution in [0, 0.1) is 0 Å². The van der Waals surface area contributed by atoms with Crippen LogP contribution >= 0.6 is 0 Å². The second-order valence-electron chi connectivity index (χ2n) is 3.58. The average Bonchev–Trinajstić information content (AvgIpc) is 2.29. The van der Waals surface area contributed by atoms with Gasteiger partial charge >= 0.3 is 5.97 Å². The first-order chi connectivity index (χ1) is 8.00. The Balaban J connectivity index is 2.68. The zero-order chi connectivity index (χ0) is 12.8. The summed E-state index contributed by atoms with van der Waals surface area (Å²) in [6.45, 7) is 1.48. The number of nitrogens with one attached hydrogen (secondary N) is 2. The molecule has 1 aromatic carbocycles. The SMILES string of the molecule is C[C@H](N)C(=O)N[C@@H](Nc1ccccc1)C(=O)O. The molecule has 1 rings (SSSR count). The molecule has 2 atom stereocenters. The first-order valence-corrected chi connectivity index (χ1v) is 5.11. The maximum atomic E-state index is 11.3. The molecule has 0 bridgehead atoms. The topological polar surface area (TPSA) is 104 Å². The van der Waals surface area contributed by atoms with Crippen LogP contribution in [0.4, 0.5) is 5.69 Å². The zero-order valence-corrected chi connectivity index (χ0v) is 9.38. The smallest absolute Gasteiger partial charge is 0.347 e. The number of aliphatic carboxylic acids is 1. The summed E-state index contributed by atoms with van der Waals surface area (Å²) >= 11 is 0. The number of benzene rings is 1. The number of hydrogen-bond acceptors (Lipinski definition) is 4. The van der Waals surface area contributed by atoms with Crippen LogP contribution in [0.1, 0.15) is 6.92 Å². The lowest BCUT2D eigenvalue weighted by molar-refractivity contribution is -0.141. The van der Waals surface area contributed by atoms with Crippen molar-refractivity contribution in [3.8, 4) is 0 Å². The van der Waals surface area contributed by atoms with Gasteiger partial charge in [0, 0.05) is 5.69 Å². The number of amides is 1. The fourth-order valence-electron chi connectivity index (χ4n) is 1.13. The molecule has 0 radical (unpaired) electrons. The highest BCUT2D eigenvalue weighted by Gasteiger charge is 2.20. The minimum absolute atomic E-state index is 0.527. The molecule has 1 amide bonds. The lowest BCUT2D eigenvalue weighted by Gasteiger charge is -2.18. The molecular formula is C11H15N3O3. The molecule has 6 heteroatoms. The molecule has 6 nitrogen and oxygen atoms in total. The van der Waals surface area contributed by atoms with Gasteiger partial charge in [-0.3, -0.25) is 4.79 Å². The summed E-state index contributed by atoms with van der Waals surface area (Å²) in [7, 11) is 0. The predicted octanol–water partition coefficient (Wildman–Crippen LogP) is -0.0274. The van der Waals surface area contributed by atoms with E-state index in [9.17, 15) is 9.59 Å². The highest BCUT2D eigenvalue weighted by atomic mass is 16.4. The molecule has 0 spiro atoms. The van der Waals surface area contributed by atoms with Crippen molar-refractivity contribution in [2.24, 2.45) is 5.73 Å². The Labute approximate surface area is 98.8 Å². The van der Waals surface area contributed by atoms with Crippen LogP contribution in [-0.2, 0) is 9.59 Å². The van der Waals surface area contributed by atoms with Gasteiger partial charge in [-0.1, -0.05) is 18.2 Å². The van der Waals surface area contributed by atoms with Gasteiger partial charge in [-0.2, -0.15) is 0 Å². The van der Waals surface area contributed by atoms with Crippen molar-refractivity contribution in [3.63, 3.8) is 0 Å². The first kappa shape index (κ1) is 13.0. The Morgan fingerprint density at radius 1 is 1.29 bits per heavy atom. The lowest BCUT2D eigenvalue weighted by atomic mass is 10.3. The van der Waals surface area contributed by atoms with Crippen molar-refractivity contribution >= 4 is 17.6 Å². The number of carboxylic acids is 1. The van der Waals surface area contributed by atoms with Gasteiger partial charge in [-0.25, -0.2) is 4.79 Å². The summed E-state index contributed by atoms with van der Waals surface area (Å²) in [5.74, 6) is -1.70. The van der Waals surface area contributed by atoms with Crippen molar-refractivity contribution in [1.29, 1.82) is 0 Å². The van der Waals surface area contributed by atoms with Gasteiger partial charge in [0.25, 0.3) is 0 Å². The van der Waals surface area contributed by atoms with Gasteiger partial charge in [0.05, 0.1) is 6.04 Å². The van der Waals surface area contributed by atoms with Crippen LogP contribution in [0.25, 0.3) is 0 Å². The fourth-order valence-corrected chi connectivity index (χ4v) is 1.13. The summed E-state index contributed by atoms with van der Waals surface area (Å²) < 4.78 is 0. The molecule has 1 aromatic rings. The number of carbonyl (C=O) groups is 2. The Morgan fingerprint density at radius 2 is 1.88 bits per heavy atom. The van der Waals surface area contributed by atoms with Gasteiger partial charge in [-0.05, 0) is 19.1 Å². The highest BCUT2D eigenvalue weighted by Crippen LogP contribution is 2.06. The second-order valence-corrected chi connectivity index (χ2v) is 3.58. The van der Waals surface area contributed by atoms with Gasteiger partial charge in [-0.15, -0.1) is 0 Å². The normalized spacial score (nSPS) is 13.5. The van der Waals surface area contributed by atoms with Gasteiger partial charge < -0.3 is 21.5 Å². The van der Waals surface area contributed by atoms with Gasteiger partial charge in [0.1, 0.15) is 0 Å². The number of anilines is 1. The van der Waals surface area contributed by atoms with E-state index >= 15 is 0 Å². The zero-order valence-electron chi connectivity index (χ0n) is 9.38. The van der Waals surface area contributed by atoms with E-state index in [0.29, 0.717) is 5.69 Å². The van der Waals surface area contributed by atoms with Crippen LogP contribution in [-0.4, -0.2) is 29.2 Å². The molecule has 0 unspecified atom stereocenters. The van der Waals surface area contributed by atoms with E-state index in [0.717, 1.165) is 0 Å². The molecule has 17 heavy (non-hydrogen) atoms. The monoisotopic (exact) mass is 237 g/mol. The maximum absolute atomic E-state index is 11.3. The fraction of sp³-hybridized carbons (Fsp3) is 0.273. The number of para-hydroxylation sites is 1. The standard InChI is InChI=1S/C11H15N3O3/c1-7(12)10(15)14-9(11(16)17)13-8-5-3-2-4-6-8/h2-7,9,13H,12H2,1H3,(H,14,15)(H,16,17)/t7-,9+/m0/s1. The summed E-state index contributed by atoms with van der Waals surface area (Å²) in [5.41, 5.74) is 5.95. The van der Waals surface area contributed by atoms with Crippen LogP contribution in [0.5, 0.6) is 0 Å². The molecule has 0 fully saturated rings. The molecule has 0 heterocycles. The largest absolute Gasteiger partial charge is 0.478 e. The molecule has 0 aliphatic carbocycles. The van der Waals surface area contributed by atoms with Crippen molar-refractivity contribution in [3.05, 3.63) is 30.3 Å². The number of carboxylic acid groups (broad SMARTS) is 1. The predicted molar refractivity (Wildman–Crippen MR) is 63.3 cm³/mol. The highest BCUT2D eigenvalue weighted by molar-refractivity contribution is 5.87. The number of nitrogens with two attached hydrogens (primary N) is 1. The molecule has 0 aliphatic heterocycles. The molecule has 0 saturated carbocycles. The molecule has 0 aromatic heterocycles. The molecule has 0 aliphatic rings. The molecule has 92 valence electrons. The maximum Gasteiger partial charge on any atom is 0.347 e. The van der Waals surface area contributed by atoms with Crippen LogP contribution in [0.15, 0.2) is 30.3 Å². The molecule has 0 saturated heterocycles. The van der Waals surface area contributed by atoms with Crippen molar-refractivity contribution in [2.75, 3.05) is 5.32 Å². The molecule has 5 N–H and O–H groups in total. The van der Waals surface area contributed by atoms with Crippen molar-refractivity contribution < 1.29 is 14.7 Å². The van der Waals surface area contributed by atoms with E-state index in [1.54, 1.807) is 24.3 Å². The number of carbonyl (C=O) groups excluding carboxylic acids is 1. The minimum Gasteiger partial charge on any atom is -0.478 e. The van der Waals surface area contributed by atoms with E-state index in [2.05, 4.69) is 10.6 Å². The lowest BCUT2D eigenvalue weighted by Crippen LogP contribution is -2.51. The van der Waals surface area contributed by atoms with Crippen LogP contribution < -0.4 is 16.4 Å². The third-order valence-corrected chi connectivity index (χ3v) is 2.03. The van der Waals surface area contributed by atoms with E-state index in [-0.39, 0.29) is 0 Å². The van der Waals surface area contributed by atoms with Crippen molar-refractivity contribution in [1.82, 2.24) is 5.32 Å². The second kappa shape index (κ2) is 5.86. The molecular weight excluding hydrogens is 222 g/mol. The van der Waals surface area contributed by atoms with Gasteiger partial charge in [0.15, 0.2) is 6.17 Å². The first-order valence-electron chi connectivity index (χ1n) is 5.11. The number of rotatable bonds is 5. The van der Waals surface area contributed by atoms with Crippen LogP contribution in [0.2, 0.25) is 0 Å². The van der Waals surface area contributed by atoms with E-state index in [4.69, 9.17) is 10.8 Å². The summed E-state index contributed by atoms with van der Waals surface area (Å²) in [6.07, 6.45) is -1.20. The summed E-state index contributed by atoms with van der Waals surface area (Å²) in [5, 5.41) is 13.9. The van der Waals surface area contributed by atoms with E-state index in [1.165, 1.54) is 6.92 Å². The quantitative estimate of drug-likeness (QED) is 0.538. The summed E-state index contributed by atoms with van der Waals surface area (Å²) in [4.78, 5) is 22.3. The Hall–Kier alpha value is -2.08. The van der Waals surface area contributed by atoms with Gasteiger partial charge in [0.2, 0.25) is 5.91 Å². The number of hydrogen-bond donors (Lipinski definition) is 4. The van der Waals surface area contributed by atoms with E-state index in [1.807, 2.05) is 6.07 Å². The average molecular weight is 237 g/mol. The third kappa shape index (κ3) is 4.12. The van der Waals surface area contributed by atoms with Crippen LogP contribution in [0.3, 0.4) is 0 Å². The Kier molecular flexibility index (Phi) is 4.47. The minimum atomic E-state index is -1.20.